The fourth-order valence-electron chi connectivity index (χ4n) is 2.72. The second kappa shape index (κ2) is 7.31. The van der Waals surface area contributed by atoms with Crippen molar-refractivity contribution < 1.29 is 9.18 Å². The molecule has 8 heteroatoms. The molecular formula is C16H19FN6O. The molecule has 1 aliphatic rings. The zero-order chi connectivity index (χ0) is 16.9. The van der Waals surface area contributed by atoms with Gasteiger partial charge in [-0.1, -0.05) is 0 Å². The highest BCUT2D eigenvalue weighted by Crippen LogP contribution is 2.18. The van der Waals surface area contributed by atoms with Gasteiger partial charge in [-0.25, -0.2) is 19.2 Å². The van der Waals surface area contributed by atoms with E-state index in [1.165, 1.54) is 12.3 Å². The standard InChI is InChI=1S/C16H19FN6O/c1-22(11-15-19-5-2-6-20-15)12-4-8-23(10-12)16(24)21-14-3-7-18-9-13(14)17/h2-3,5-7,9,12H,4,8,10-11H2,1H3,(H,18,21,24). The van der Waals surface area contributed by atoms with Crippen LogP contribution in [0, 0.1) is 5.82 Å². The fourth-order valence-corrected chi connectivity index (χ4v) is 2.72. The van der Waals surface area contributed by atoms with Crippen molar-refractivity contribution in [1.29, 1.82) is 0 Å². The van der Waals surface area contributed by atoms with Gasteiger partial charge in [0.15, 0.2) is 5.82 Å². The van der Waals surface area contributed by atoms with Gasteiger partial charge in [0, 0.05) is 37.7 Å². The first kappa shape index (κ1) is 16.3. The number of urea groups is 1. The van der Waals surface area contributed by atoms with E-state index in [4.69, 9.17) is 0 Å². The number of carbonyl (C=O) groups excluding carboxylic acids is 1. The highest BCUT2D eigenvalue weighted by molar-refractivity contribution is 5.89. The van der Waals surface area contributed by atoms with E-state index in [0.717, 1.165) is 18.4 Å². The lowest BCUT2D eigenvalue weighted by atomic mass is 10.2. The van der Waals surface area contributed by atoms with Gasteiger partial charge in [-0.3, -0.25) is 9.88 Å². The number of halogens is 1. The lowest BCUT2D eigenvalue weighted by molar-refractivity contribution is 0.206. The van der Waals surface area contributed by atoms with Crippen LogP contribution in [0.1, 0.15) is 12.2 Å². The van der Waals surface area contributed by atoms with Crippen LogP contribution in [-0.4, -0.2) is 57.0 Å². The molecule has 3 rings (SSSR count). The fraction of sp³-hybridized carbons (Fsp3) is 0.375. The van der Waals surface area contributed by atoms with Crippen LogP contribution in [0.5, 0.6) is 0 Å². The van der Waals surface area contributed by atoms with E-state index >= 15 is 0 Å². The molecule has 3 heterocycles. The van der Waals surface area contributed by atoms with E-state index in [-0.39, 0.29) is 17.8 Å². The number of anilines is 1. The van der Waals surface area contributed by atoms with Gasteiger partial charge in [0.1, 0.15) is 5.82 Å². The SMILES string of the molecule is CN(Cc1ncccn1)C1CCN(C(=O)Nc2ccncc2F)C1. The van der Waals surface area contributed by atoms with Gasteiger partial charge in [-0.15, -0.1) is 0 Å². The predicted octanol–water partition coefficient (Wildman–Crippen LogP) is 1.75. The van der Waals surface area contributed by atoms with Gasteiger partial charge in [0.25, 0.3) is 0 Å². The van der Waals surface area contributed by atoms with Crippen LogP contribution >= 0.6 is 0 Å². The summed E-state index contributed by atoms with van der Waals surface area (Å²) in [6.07, 6.45) is 6.81. The molecule has 0 spiro atoms. The number of pyridine rings is 1. The number of carbonyl (C=O) groups is 1. The largest absolute Gasteiger partial charge is 0.323 e. The van der Waals surface area contributed by atoms with Crippen LogP contribution in [0.3, 0.4) is 0 Å². The lowest BCUT2D eigenvalue weighted by Crippen LogP contribution is -2.38. The molecule has 2 aromatic rings. The summed E-state index contributed by atoms with van der Waals surface area (Å²) in [5.41, 5.74) is 0.143. The van der Waals surface area contributed by atoms with Crippen LogP contribution < -0.4 is 5.32 Å². The number of nitrogens with one attached hydrogen (secondary N) is 1. The van der Waals surface area contributed by atoms with Crippen molar-refractivity contribution in [2.45, 2.75) is 19.0 Å². The Kier molecular flexibility index (Phi) is 4.95. The third-order valence-corrected chi connectivity index (χ3v) is 4.10. The molecular weight excluding hydrogens is 311 g/mol. The summed E-state index contributed by atoms with van der Waals surface area (Å²) >= 11 is 0. The maximum Gasteiger partial charge on any atom is 0.321 e. The van der Waals surface area contributed by atoms with Gasteiger partial charge in [-0.05, 0) is 25.6 Å². The topological polar surface area (TPSA) is 74.2 Å². The number of likely N-dealkylation sites (tertiary alicyclic amines) is 1. The van der Waals surface area contributed by atoms with Crippen LogP contribution in [-0.2, 0) is 6.54 Å². The molecule has 1 atom stereocenters. The quantitative estimate of drug-likeness (QED) is 0.924. The predicted molar refractivity (Wildman–Crippen MR) is 86.7 cm³/mol. The molecule has 126 valence electrons. The Balaban J connectivity index is 1.55. The van der Waals surface area contributed by atoms with E-state index in [9.17, 15) is 9.18 Å². The lowest BCUT2D eigenvalue weighted by Gasteiger charge is -2.24. The highest BCUT2D eigenvalue weighted by Gasteiger charge is 2.29. The average Bonchev–Trinajstić information content (AvgIpc) is 3.08. The van der Waals surface area contributed by atoms with Crippen molar-refractivity contribution >= 4 is 11.7 Å². The minimum absolute atomic E-state index is 0.143. The number of nitrogens with zero attached hydrogens (tertiary/aromatic N) is 5. The van der Waals surface area contributed by atoms with Gasteiger partial charge in [0.05, 0.1) is 18.4 Å². The van der Waals surface area contributed by atoms with E-state index in [1.807, 2.05) is 7.05 Å². The summed E-state index contributed by atoms with van der Waals surface area (Å²) < 4.78 is 13.6. The molecule has 0 aromatic carbocycles. The first-order valence-electron chi connectivity index (χ1n) is 7.75. The number of likely N-dealkylation sites (N-methyl/N-ethyl adjacent to an activating group) is 1. The van der Waals surface area contributed by atoms with Crippen LogP contribution in [0.4, 0.5) is 14.9 Å². The molecule has 0 aliphatic carbocycles. The van der Waals surface area contributed by atoms with E-state index in [1.54, 1.807) is 23.4 Å². The maximum atomic E-state index is 13.6. The summed E-state index contributed by atoms with van der Waals surface area (Å²) in [7, 11) is 1.99. The molecule has 0 radical (unpaired) electrons. The molecule has 2 amide bonds. The molecule has 1 aliphatic heterocycles. The van der Waals surface area contributed by atoms with Crippen molar-refractivity contribution in [3.05, 3.63) is 48.6 Å². The molecule has 7 nitrogen and oxygen atoms in total. The Hall–Kier alpha value is -2.61. The van der Waals surface area contributed by atoms with Gasteiger partial charge >= 0.3 is 6.03 Å². The Morgan fingerprint density at radius 1 is 1.42 bits per heavy atom. The third-order valence-electron chi connectivity index (χ3n) is 4.10. The molecule has 0 saturated carbocycles. The number of hydrogen-bond acceptors (Lipinski definition) is 5. The number of amides is 2. The molecule has 1 unspecified atom stereocenters. The van der Waals surface area contributed by atoms with Gasteiger partial charge < -0.3 is 10.2 Å². The zero-order valence-electron chi connectivity index (χ0n) is 13.4. The number of aromatic nitrogens is 3. The first-order valence-corrected chi connectivity index (χ1v) is 7.75. The highest BCUT2D eigenvalue weighted by atomic mass is 19.1. The number of hydrogen-bond donors (Lipinski definition) is 1. The van der Waals surface area contributed by atoms with Crippen LogP contribution in [0.2, 0.25) is 0 Å². The smallest absolute Gasteiger partial charge is 0.321 e. The van der Waals surface area contributed by atoms with Crippen molar-refractivity contribution in [1.82, 2.24) is 24.8 Å². The minimum atomic E-state index is -0.542. The summed E-state index contributed by atoms with van der Waals surface area (Å²) in [4.78, 5) is 28.2. The monoisotopic (exact) mass is 330 g/mol. The average molecular weight is 330 g/mol. The normalized spacial score (nSPS) is 17.3. The van der Waals surface area contributed by atoms with Gasteiger partial charge in [0.2, 0.25) is 0 Å². The van der Waals surface area contributed by atoms with E-state index in [0.29, 0.717) is 19.6 Å². The van der Waals surface area contributed by atoms with Crippen LogP contribution in [0.15, 0.2) is 36.9 Å². The Morgan fingerprint density at radius 2 is 2.21 bits per heavy atom. The summed E-state index contributed by atoms with van der Waals surface area (Å²) in [5, 5.41) is 2.59. The zero-order valence-corrected chi connectivity index (χ0v) is 13.4. The maximum absolute atomic E-state index is 13.6. The third kappa shape index (κ3) is 3.83. The van der Waals surface area contributed by atoms with Crippen molar-refractivity contribution in [3.8, 4) is 0 Å². The molecule has 24 heavy (non-hydrogen) atoms. The van der Waals surface area contributed by atoms with E-state index < -0.39 is 5.82 Å². The van der Waals surface area contributed by atoms with Crippen molar-refractivity contribution in [2.24, 2.45) is 0 Å². The van der Waals surface area contributed by atoms with Gasteiger partial charge in [-0.2, -0.15) is 0 Å². The summed E-state index contributed by atoms with van der Waals surface area (Å²) in [6.45, 7) is 1.84. The molecule has 1 fully saturated rings. The number of rotatable bonds is 4. The van der Waals surface area contributed by atoms with Crippen LogP contribution in [0.25, 0.3) is 0 Å². The Labute approximate surface area is 139 Å². The second-order valence-electron chi connectivity index (χ2n) is 5.75. The summed E-state index contributed by atoms with van der Waals surface area (Å²) in [5.74, 6) is 0.210. The van der Waals surface area contributed by atoms with E-state index in [2.05, 4.69) is 25.2 Å². The van der Waals surface area contributed by atoms with Crippen molar-refractivity contribution in [3.63, 3.8) is 0 Å². The van der Waals surface area contributed by atoms with Crippen molar-refractivity contribution in [2.75, 3.05) is 25.5 Å². The summed E-state index contributed by atoms with van der Waals surface area (Å²) in [6, 6.07) is 3.15. The minimum Gasteiger partial charge on any atom is -0.323 e. The molecule has 1 N–H and O–H groups in total. The molecule has 1 saturated heterocycles. The Morgan fingerprint density at radius 3 is 2.96 bits per heavy atom. The molecule has 2 aromatic heterocycles. The Bertz CT molecular complexity index is 698. The first-order chi connectivity index (χ1) is 11.6. The molecule has 0 bridgehead atoms. The second-order valence-corrected chi connectivity index (χ2v) is 5.75.